The van der Waals surface area contributed by atoms with Crippen LogP contribution >= 0.6 is 23.2 Å². The number of aromatic nitrogens is 1. The van der Waals surface area contributed by atoms with E-state index < -0.39 is 15.4 Å². The molecule has 0 bridgehead atoms. The maximum Gasteiger partial charge on any atom is 0.233 e. The van der Waals surface area contributed by atoms with Crippen molar-refractivity contribution in [2.24, 2.45) is 11.3 Å². The van der Waals surface area contributed by atoms with Crippen LogP contribution in [-0.2, 0) is 14.8 Å². The second kappa shape index (κ2) is 11.8. The number of anilines is 1. The van der Waals surface area contributed by atoms with E-state index in [2.05, 4.69) is 17.6 Å². The summed E-state index contributed by atoms with van der Waals surface area (Å²) in [4.78, 5) is 21.1. The first-order chi connectivity index (χ1) is 19.5. The molecule has 2 fully saturated rings. The number of carbonyl (C=O) groups is 1. The van der Waals surface area contributed by atoms with Gasteiger partial charge in [-0.05, 0) is 79.1 Å². The Hall–Kier alpha value is -2.87. The topological polar surface area (TPSA) is 70.6 Å². The van der Waals surface area contributed by atoms with Crippen molar-refractivity contribution in [1.29, 1.82) is 0 Å². The van der Waals surface area contributed by atoms with E-state index in [9.17, 15) is 13.2 Å². The van der Waals surface area contributed by atoms with Gasteiger partial charge in [0.2, 0.25) is 15.9 Å². The zero-order valence-electron chi connectivity index (χ0n) is 23.3. The average molecular weight is 613 g/mol. The molecule has 0 spiro atoms. The Balaban J connectivity index is 1.69. The molecule has 1 amide bonds. The summed E-state index contributed by atoms with van der Waals surface area (Å²) in [5.41, 5.74) is 1.25. The number of likely N-dealkylation sites (tertiary alicyclic amines) is 1. The van der Waals surface area contributed by atoms with Crippen molar-refractivity contribution < 1.29 is 13.2 Å². The van der Waals surface area contributed by atoms with Crippen LogP contribution < -0.4 is 4.31 Å². The molecule has 6 nitrogen and oxygen atoms in total. The van der Waals surface area contributed by atoms with Gasteiger partial charge >= 0.3 is 0 Å². The number of carbonyl (C=O) groups excluding carboxylic acids is 1. The zero-order valence-corrected chi connectivity index (χ0v) is 25.6. The Morgan fingerprint density at radius 3 is 2.39 bits per heavy atom. The number of rotatable bonds is 10. The van der Waals surface area contributed by atoms with Gasteiger partial charge in [-0.3, -0.25) is 9.10 Å². The summed E-state index contributed by atoms with van der Waals surface area (Å²) in [5.74, 6) is 0.406. The molecular formula is C32H35Cl2N3O3S. The summed E-state index contributed by atoms with van der Waals surface area (Å²) in [6, 6.07) is 19.9. The Labute approximate surface area is 253 Å². The molecule has 1 saturated carbocycles. The van der Waals surface area contributed by atoms with Gasteiger partial charge in [0.05, 0.1) is 30.3 Å². The summed E-state index contributed by atoms with van der Waals surface area (Å²) in [7, 11) is -3.69. The van der Waals surface area contributed by atoms with E-state index >= 15 is 0 Å². The van der Waals surface area contributed by atoms with Crippen LogP contribution in [0.25, 0.3) is 0 Å². The van der Waals surface area contributed by atoms with Gasteiger partial charge in [-0.25, -0.2) is 13.4 Å². The Morgan fingerprint density at radius 2 is 1.80 bits per heavy atom. The largest absolute Gasteiger partial charge is 0.329 e. The number of pyridine rings is 1. The van der Waals surface area contributed by atoms with Gasteiger partial charge in [0.25, 0.3) is 0 Å². The number of benzene rings is 2. The molecule has 4 atom stereocenters. The quantitative estimate of drug-likeness (QED) is 0.226. The van der Waals surface area contributed by atoms with Crippen LogP contribution in [0.15, 0.2) is 85.6 Å². The predicted molar refractivity (Wildman–Crippen MR) is 166 cm³/mol. The minimum Gasteiger partial charge on any atom is -0.329 e. The van der Waals surface area contributed by atoms with E-state index in [0.717, 1.165) is 24.0 Å². The van der Waals surface area contributed by atoms with Crippen molar-refractivity contribution in [1.82, 2.24) is 9.88 Å². The van der Waals surface area contributed by atoms with Crippen molar-refractivity contribution in [3.05, 3.63) is 107 Å². The zero-order chi connectivity index (χ0) is 29.4. The van der Waals surface area contributed by atoms with Gasteiger partial charge in [0.15, 0.2) is 0 Å². The van der Waals surface area contributed by atoms with E-state index in [0.29, 0.717) is 28.7 Å². The first-order valence-corrected chi connectivity index (χ1v) is 16.5. The molecule has 2 aromatic carbocycles. The first kappa shape index (κ1) is 29.6. The van der Waals surface area contributed by atoms with Crippen LogP contribution in [-0.4, -0.2) is 43.1 Å². The van der Waals surface area contributed by atoms with E-state index in [1.165, 1.54) is 10.6 Å². The maximum atomic E-state index is 14.7. The normalized spacial score (nSPS) is 23.7. The Bertz CT molecular complexity index is 1510. The highest BCUT2D eigenvalue weighted by molar-refractivity contribution is 7.92. The van der Waals surface area contributed by atoms with E-state index in [4.69, 9.17) is 23.2 Å². The molecule has 2 aliphatic rings. The molecule has 1 aliphatic carbocycles. The van der Waals surface area contributed by atoms with Gasteiger partial charge in [-0.1, -0.05) is 66.5 Å². The fourth-order valence-electron chi connectivity index (χ4n) is 6.27. The van der Waals surface area contributed by atoms with E-state index in [-0.39, 0.29) is 36.4 Å². The van der Waals surface area contributed by atoms with Crippen LogP contribution in [0.1, 0.15) is 55.7 Å². The molecular weight excluding hydrogens is 577 g/mol. The molecule has 0 N–H and O–H groups in total. The van der Waals surface area contributed by atoms with E-state index in [1.54, 1.807) is 30.5 Å². The molecule has 41 heavy (non-hydrogen) atoms. The molecule has 5 rings (SSSR count). The second-order valence-electron chi connectivity index (χ2n) is 11.5. The summed E-state index contributed by atoms with van der Waals surface area (Å²) in [5, 5.41) is 1.23. The van der Waals surface area contributed by atoms with Gasteiger partial charge < -0.3 is 4.90 Å². The molecule has 1 aromatic heterocycles. The third-order valence-electron chi connectivity index (χ3n) is 8.37. The number of halogens is 2. The molecule has 1 aliphatic heterocycles. The minimum atomic E-state index is -3.69. The number of hydrogen-bond acceptors (Lipinski definition) is 4. The van der Waals surface area contributed by atoms with Crippen molar-refractivity contribution in [3.8, 4) is 0 Å². The third kappa shape index (κ3) is 6.32. The standard InChI is InChI=1S/C32H35Cl2N3O3S/c1-4-17-32(2)20-27(24-8-7-9-26(34)19-24)30(23-13-15-25(33)16-14-23)37(31(32)38)28(22-11-12-22)21-36(41(3,39)40)29-10-5-6-18-35-29/h4-10,13-16,18-19,22,27-28,30H,1,11-12,17,20-21H2,2-3H3. The van der Waals surface area contributed by atoms with Gasteiger partial charge in [-0.2, -0.15) is 0 Å². The molecule has 216 valence electrons. The van der Waals surface area contributed by atoms with Crippen LogP contribution in [0.5, 0.6) is 0 Å². The summed E-state index contributed by atoms with van der Waals surface area (Å²) < 4.78 is 27.7. The molecule has 3 aromatic rings. The fourth-order valence-corrected chi connectivity index (χ4v) is 7.46. The number of piperidine rings is 1. The minimum absolute atomic E-state index is 0.00185. The molecule has 9 heteroatoms. The maximum absolute atomic E-state index is 14.7. The highest BCUT2D eigenvalue weighted by Gasteiger charge is 2.54. The SMILES string of the molecule is C=CCC1(C)CC(c2cccc(Cl)c2)C(c2ccc(Cl)cc2)N(C(CN(c2ccccn2)S(C)(=O)=O)C2CC2)C1=O. The molecule has 0 radical (unpaired) electrons. The summed E-state index contributed by atoms with van der Waals surface area (Å²) in [6.45, 7) is 6.08. The van der Waals surface area contributed by atoms with Crippen molar-refractivity contribution in [3.63, 3.8) is 0 Å². The predicted octanol–water partition coefficient (Wildman–Crippen LogP) is 7.27. The molecule has 1 saturated heterocycles. The van der Waals surface area contributed by atoms with Crippen LogP contribution in [0.3, 0.4) is 0 Å². The monoisotopic (exact) mass is 611 g/mol. The smallest absolute Gasteiger partial charge is 0.233 e. The second-order valence-corrected chi connectivity index (χ2v) is 14.3. The molecule has 2 heterocycles. The molecule has 4 unspecified atom stereocenters. The highest BCUT2D eigenvalue weighted by atomic mass is 35.5. The highest BCUT2D eigenvalue weighted by Crippen LogP contribution is 2.54. The van der Waals surface area contributed by atoms with Crippen molar-refractivity contribution >= 4 is 45.0 Å². The van der Waals surface area contributed by atoms with Crippen LogP contribution in [0, 0.1) is 11.3 Å². The lowest BCUT2D eigenvalue weighted by Crippen LogP contribution is -2.59. The van der Waals surface area contributed by atoms with Crippen molar-refractivity contribution in [2.45, 2.75) is 50.6 Å². The lowest BCUT2D eigenvalue weighted by Gasteiger charge is -2.52. The third-order valence-corrected chi connectivity index (χ3v) is 9.99. The summed E-state index contributed by atoms with van der Waals surface area (Å²) >= 11 is 12.8. The van der Waals surface area contributed by atoms with Crippen LogP contribution in [0.4, 0.5) is 5.82 Å². The van der Waals surface area contributed by atoms with Gasteiger partial charge in [-0.15, -0.1) is 6.58 Å². The number of hydrogen-bond donors (Lipinski definition) is 0. The lowest BCUT2D eigenvalue weighted by atomic mass is 9.67. The van der Waals surface area contributed by atoms with E-state index in [1.807, 2.05) is 54.3 Å². The Kier molecular flexibility index (Phi) is 8.51. The van der Waals surface area contributed by atoms with Crippen LogP contribution in [0.2, 0.25) is 10.0 Å². The fraction of sp³-hybridized carbons (Fsp3) is 0.375. The van der Waals surface area contributed by atoms with Gasteiger partial charge in [0.1, 0.15) is 5.82 Å². The number of nitrogens with zero attached hydrogens (tertiary/aromatic N) is 3. The van der Waals surface area contributed by atoms with Crippen molar-refractivity contribution in [2.75, 3.05) is 17.1 Å². The number of amides is 1. The lowest BCUT2D eigenvalue weighted by molar-refractivity contribution is -0.154. The Morgan fingerprint density at radius 1 is 1.07 bits per heavy atom. The number of sulfonamides is 1. The first-order valence-electron chi connectivity index (χ1n) is 13.8. The van der Waals surface area contributed by atoms with Gasteiger partial charge in [0, 0.05) is 22.2 Å². The summed E-state index contributed by atoms with van der Waals surface area (Å²) in [6.07, 6.45) is 7.50. The average Bonchev–Trinajstić information content (AvgIpc) is 3.77. The number of allylic oxidation sites excluding steroid dienone is 1.